The van der Waals surface area contributed by atoms with Crippen LogP contribution in [-0.2, 0) is 19.6 Å². The van der Waals surface area contributed by atoms with Crippen LogP contribution < -0.4 is 15.1 Å². The summed E-state index contributed by atoms with van der Waals surface area (Å²) in [5.41, 5.74) is 2.42. The van der Waals surface area contributed by atoms with Crippen LogP contribution in [-0.4, -0.2) is 16.4 Å². The predicted molar refractivity (Wildman–Crippen MR) is 98.9 cm³/mol. The second kappa shape index (κ2) is 9.00. The first-order chi connectivity index (χ1) is 13.1. The quantitative estimate of drug-likeness (QED) is 0.663. The molecule has 140 valence electrons. The summed E-state index contributed by atoms with van der Waals surface area (Å²) in [6, 6.07) is 16.6. The molecular formula is C21H20FNO4. The fourth-order valence-corrected chi connectivity index (χ4v) is 2.47. The van der Waals surface area contributed by atoms with Gasteiger partial charge >= 0.3 is 0 Å². The molecule has 5 nitrogen and oxygen atoms in total. The van der Waals surface area contributed by atoms with Crippen LogP contribution in [0.1, 0.15) is 16.7 Å². The molecule has 27 heavy (non-hydrogen) atoms. The van der Waals surface area contributed by atoms with Gasteiger partial charge in [0.2, 0.25) is 0 Å². The molecular weight excluding hydrogens is 349 g/mol. The summed E-state index contributed by atoms with van der Waals surface area (Å²) in [5.74, 6) is 0.110. The smallest absolute Gasteiger partial charge is 0.286 e. The number of ether oxygens (including phenoxy) is 1. The summed E-state index contributed by atoms with van der Waals surface area (Å²) < 4.78 is 19.6. The number of benzene rings is 2. The van der Waals surface area contributed by atoms with Crippen molar-refractivity contribution in [2.75, 3.05) is 6.61 Å². The molecule has 1 aromatic heterocycles. The second-order valence-electron chi connectivity index (χ2n) is 6.01. The molecule has 0 amide bonds. The predicted octanol–water partition coefficient (Wildman–Crippen LogP) is 2.73. The third-order valence-electron chi connectivity index (χ3n) is 3.97. The van der Waals surface area contributed by atoms with Crippen molar-refractivity contribution in [3.63, 3.8) is 0 Å². The minimum Gasteiger partial charge on any atom is -0.489 e. The van der Waals surface area contributed by atoms with Gasteiger partial charge in [-0.2, -0.15) is 4.73 Å². The molecule has 1 N–H and O–H groups in total. The van der Waals surface area contributed by atoms with Gasteiger partial charge in [0.1, 0.15) is 24.8 Å². The Labute approximate surface area is 156 Å². The first kappa shape index (κ1) is 18.7. The number of hydrogen-bond donors (Lipinski definition) is 1. The molecule has 0 saturated heterocycles. The molecule has 0 atom stereocenters. The second-order valence-corrected chi connectivity index (χ2v) is 6.01. The number of aromatic nitrogens is 1. The van der Waals surface area contributed by atoms with Gasteiger partial charge in [-0.3, -0.25) is 4.79 Å². The highest BCUT2D eigenvalue weighted by atomic mass is 19.1. The van der Waals surface area contributed by atoms with Gasteiger partial charge in [-0.05, 0) is 35.2 Å². The molecule has 0 aliphatic carbocycles. The molecule has 3 aromatic rings. The monoisotopic (exact) mass is 369 g/mol. The SMILES string of the molecule is O=c1cc(OCc2ccc(F)cc2)ccn1OCc1ccc(CCO)cc1. The van der Waals surface area contributed by atoms with Gasteiger partial charge in [-0.15, -0.1) is 0 Å². The zero-order chi connectivity index (χ0) is 19.1. The molecule has 0 fully saturated rings. The van der Waals surface area contributed by atoms with E-state index < -0.39 is 0 Å². The Kier molecular flexibility index (Phi) is 6.22. The first-order valence-electron chi connectivity index (χ1n) is 8.56. The van der Waals surface area contributed by atoms with Crippen molar-refractivity contribution in [1.29, 1.82) is 0 Å². The Morgan fingerprint density at radius 1 is 0.889 bits per heavy atom. The number of rotatable bonds is 8. The highest BCUT2D eigenvalue weighted by Gasteiger charge is 2.03. The van der Waals surface area contributed by atoms with Crippen molar-refractivity contribution in [3.8, 4) is 5.75 Å². The molecule has 1 heterocycles. The normalized spacial score (nSPS) is 10.6. The molecule has 0 aliphatic rings. The molecule has 6 heteroatoms. The van der Waals surface area contributed by atoms with E-state index in [1.165, 1.54) is 24.4 Å². The van der Waals surface area contributed by atoms with Gasteiger partial charge in [0.25, 0.3) is 5.56 Å². The summed E-state index contributed by atoms with van der Waals surface area (Å²) >= 11 is 0. The molecule has 0 aliphatic heterocycles. The minimum atomic E-state index is -0.344. The highest BCUT2D eigenvalue weighted by Crippen LogP contribution is 2.11. The Morgan fingerprint density at radius 2 is 1.52 bits per heavy atom. The van der Waals surface area contributed by atoms with E-state index in [1.807, 2.05) is 24.3 Å². The Morgan fingerprint density at radius 3 is 2.19 bits per heavy atom. The van der Waals surface area contributed by atoms with Crippen LogP contribution in [0.4, 0.5) is 4.39 Å². The van der Waals surface area contributed by atoms with Crippen molar-refractivity contribution >= 4 is 0 Å². The average molecular weight is 369 g/mol. The highest BCUT2D eigenvalue weighted by molar-refractivity contribution is 5.23. The fourth-order valence-electron chi connectivity index (χ4n) is 2.47. The topological polar surface area (TPSA) is 60.7 Å². The maximum atomic E-state index is 12.9. The van der Waals surface area contributed by atoms with Crippen molar-refractivity contribution in [3.05, 3.63) is 99.7 Å². The summed E-state index contributed by atoms with van der Waals surface area (Å²) in [7, 11) is 0. The molecule has 3 rings (SSSR count). The van der Waals surface area contributed by atoms with E-state index in [1.54, 1.807) is 18.2 Å². The maximum absolute atomic E-state index is 12.9. The zero-order valence-electron chi connectivity index (χ0n) is 14.7. The lowest BCUT2D eigenvalue weighted by Gasteiger charge is -2.10. The lowest BCUT2D eigenvalue weighted by Crippen LogP contribution is -2.25. The number of aliphatic hydroxyl groups excluding tert-OH is 1. The Hall–Kier alpha value is -3.12. The molecule has 2 aromatic carbocycles. The van der Waals surface area contributed by atoms with E-state index in [2.05, 4.69) is 0 Å². The lowest BCUT2D eigenvalue weighted by atomic mass is 10.1. The van der Waals surface area contributed by atoms with Crippen LogP contribution in [0.25, 0.3) is 0 Å². The van der Waals surface area contributed by atoms with Gasteiger partial charge in [-0.1, -0.05) is 36.4 Å². The van der Waals surface area contributed by atoms with E-state index in [9.17, 15) is 9.18 Å². The van der Waals surface area contributed by atoms with Crippen molar-refractivity contribution in [1.82, 2.24) is 4.73 Å². The molecule has 0 radical (unpaired) electrons. The lowest BCUT2D eigenvalue weighted by molar-refractivity contribution is 0.0884. The molecule has 0 unspecified atom stereocenters. The third-order valence-corrected chi connectivity index (χ3v) is 3.97. The van der Waals surface area contributed by atoms with Gasteiger partial charge in [0.05, 0.1) is 6.20 Å². The Balaban J connectivity index is 1.56. The van der Waals surface area contributed by atoms with Crippen LogP contribution in [0.5, 0.6) is 5.75 Å². The molecule has 0 spiro atoms. The van der Waals surface area contributed by atoms with Crippen molar-refractivity contribution in [2.24, 2.45) is 0 Å². The van der Waals surface area contributed by atoms with Crippen LogP contribution in [0, 0.1) is 5.82 Å². The number of hydrogen-bond acceptors (Lipinski definition) is 4. The standard InChI is InChI=1S/C21H20FNO4/c22-19-7-5-17(6-8-19)14-26-20-9-11-23(21(25)13-20)27-15-18-3-1-16(2-4-18)10-12-24/h1-9,11,13,24H,10,12,14-15H2. The van der Waals surface area contributed by atoms with Gasteiger partial charge in [0.15, 0.2) is 0 Å². The summed E-state index contributed by atoms with van der Waals surface area (Å²) in [5, 5.41) is 8.92. The fraction of sp³-hybridized carbons (Fsp3) is 0.190. The zero-order valence-corrected chi connectivity index (χ0v) is 14.7. The van der Waals surface area contributed by atoms with E-state index >= 15 is 0 Å². The van der Waals surface area contributed by atoms with Gasteiger partial charge in [-0.25, -0.2) is 4.39 Å². The number of pyridine rings is 1. The van der Waals surface area contributed by atoms with Gasteiger partial charge < -0.3 is 14.7 Å². The maximum Gasteiger partial charge on any atom is 0.286 e. The third kappa shape index (κ3) is 5.43. The van der Waals surface area contributed by atoms with Crippen LogP contribution >= 0.6 is 0 Å². The molecule has 0 bridgehead atoms. The van der Waals surface area contributed by atoms with Crippen LogP contribution in [0.3, 0.4) is 0 Å². The van der Waals surface area contributed by atoms with Gasteiger partial charge in [0, 0.05) is 18.7 Å². The number of halogens is 1. The van der Waals surface area contributed by atoms with E-state index in [-0.39, 0.29) is 31.2 Å². The number of aliphatic hydroxyl groups is 1. The van der Waals surface area contributed by atoms with Crippen molar-refractivity contribution in [2.45, 2.75) is 19.6 Å². The largest absolute Gasteiger partial charge is 0.489 e. The average Bonchev–Trinajstić information content (AvgIpc) is 2.68. The van der Waals surface area contributed by atoms with E-state index in [0.29, 0.717) is 12.2 Å². The Bertz CT molecular complexity index is 920. The summed E-state index contributed by atoms with van der Waals surface area (Å²) in [6.07, 6.45) is 2.11. The van der Waals surface area contributed by atoms with E-state index in [0.717, 1.165) is 21.4 Å². The van der Waals surface area contributed by atoms with E-state index in [4.69, 9.17) is 14.7 Å². The summed E-state index contributed by atoms with van der Waals surface area (Å²) in [4.78, 5) is 17.6. The van der Waals surface area contributed by atoms with Crippen molar-refractivity contribution < 1.29 is 19.1 Å². The first-order valence-corrected chi connectivity index (χ1v) is 8.56. The molecule has 0 saturated carbocycles. The summed E-state index contributed by atoms with van der Waals surface area (Å²) in [6.45, 7) is 0.598. The minimum absolute atomic E-state index is 0.112. The van der Waals surface area contributed by atoms with Crippen LogP contribution in [0.2, 0.25) is 0 Å². The van der Waals surface area contributed by atoms with Crippen LogP contribution in [0.15, 0.2) is 71.7 Å². The number of nitrogens with zero attached hydrogens (tertiary/aromatic N) is 1.